The molecule has 0 unspecified atom stereocenters. The van der Waals surface area contributed by atoms with E-state index in [1.54, 1.807) is 17.2 Å². The summed E-state index contributed by atoms with van der Waals surface area (Å²) in [5.41, 5.74) is 0.947. The van der Waals surface area contributed by atoms with Gasteiger partial charge in [0.05, 0.1) is 10.9 Å². The number of H-pyrrole nitrogens is 1. The van der Waals surface area contributed by atoms with Crippen LogP contribution in [0.4, 0.5) is 0 Å². The largest absolute Gasteiger partial charge is 0.356 e. The summed E-state index contributed by atoms with van der Waals surface area (Å²) >= 11 is 7.35. The summed E-state index contributed by atoms with van der Waals surface area (Å²) in [7, 11) is 0. The van der Waals surface area contributed by atoms with E-state index in [2.05, 4.69) is 4.98 Å². The molecule has 0 bridgehead atoms. The van der Waals surface area contributed by atoms with Crippen LogP contribution < -0.4 is 0 Å². The summed E-state index contributed by atoms with van der Waals surface area (Å²) in [5.74, 6) is -0.182. The van der Waals surface area contributed by atoms with Crippen molar-refractivity contribution in [1.82, 2.24) is 9.88 Å². The summed E-state index contributed by atoms with van der Waals surface area (Å²) in [6.07, 6.45) is 1.56. The van der Waals surface area contributed by atoms with E-state index in [1.807, 2.05) is 19.1 Å². The maximum absolute atomic E-state index is 12.4. The molecule has 20 heavy (non-hydrogen) atoms. The molecule has 0 fully saturated rings. The zero-order chi connectivity index (χ0) is 14.7. The van der Waals surface area contributed by atoms with E-state index in [0.717, 1.165) is 4.88 Å². The average molecular weight is 311 g/mol. The van der Waals surface area contributed by atoms with Gasteiger partial charge >= 0.3 is 0 Å². The Labute approximate surface area is 126 Å². The third-order valence-electron chi connectivity index (χ3n) is 2.96. The highest BCUT2D eigenvalue weighted by Gasteiger charge is 2.17. The molecule has 0 aromatic carbocycles. The van der Waals surface area contributed by atoms with Crippen LogP contribution in [0.15, 0.2) is 24.4 Å². The average Bonchev–Trinajstić information content (AvgIpc) is 3.04. The van der Waals surface area contributed by atoms with Crippen molar-refractivity contribution in [3.8, 4) is 0 Å². The number of rotatable bonds is 5. The Morgan fingerprint density at radius 3 is 2.65 bits per heavy atom. The lowest BCUT2D eigenvalue weighted by molar-refractivity contribution is 0.0749. The Hall–Kier alpha value is -1.59. The predicted molar refractivity (Wildman–Crippen MR) is 80.5 cm³/mol. The van der Waals surface area contributed by atoms with Crippen molar-refractivity contribution in [2.45, 2.75) is 20.4 Å². The second-order valence-electron chi connectivity index (χ2n) is 4.38. The lowest BCUT2D eigenvalue weighted by Crippen LogP contribution is -2.30. The smallest absolute Gasteiger partial charge is 0.270 e. The summed E-state index contributed by atoms with van der Waals surface area (Å²) in [4.78, 5) is 29.2. The summed E-state index contributed by atoms with van der Waals surface area (Å²) in [6, 6.07) is 5.33. The molecule has 4 nitrogen and oxygen atoms in total. The van der Waals surface area contributed by atoms with E-state index in [0.29, 0.717) is 28.7 Å². The van der Waals surface area contributed by atoms with E-state index < -0.39 is 0 Å². The van der Waals surface area contributed by atoms with Crippen LogP contribution in [-0.2, 0) is 6.54 Å². The molecule has 0 radical (unpaired) electrons. The van der Waals surface area contributed by atoms with Gasteiger partial charge in [0.25, 0.3) is 5.91 Å². The van der Waals surface area contributed by atoms with E-state index in [9.17, 15) is 9.59 Å². The predicted octanol–water partition coefficient (Wildman–Crippen LogP) is 3.59. The van der Waals surface area contributed by atoms with E-state index in [4.69, 9.17) is 11.6 Å². The Morgan fingerprint density at radius 2 is 2.15 bits per heavy atom. The Bertz CT molecular complexity index is 633. The van der Waals surface area contributed by atoms with Gasteiger partial charge in [0.2, 0.25) is 0 Å². The molecule has 106 valence electrons. The van der Waals surface area contributed by atoms with Crippen LogP contribution in [0, 0.1) is 0 Å². The maximum Gasteiger partial charge on any atom is 0.270 e. The number of carbonyl (C=O) groups excluding carboxylic acids is 2. The first-order chi connectivity index (χ1) is 9.51. The quantitative estimate of drug-likeness (QED) is 0.858. The number of aromatic amines is 1. The lowest BCUT2D eigenvalue weighted by atomic mass is 10.2. The fraction of sp³-hybridized carbons (Fsp3) is 0.286. The van der Waals surface area contributed by atoms with Crippen molar-refractivity contribution in [2.24, 2.45) is 0 Å². The zero-order valence-corrected chi connectivity index (χ0v) is 12.8. The molecule has 2 aromatic rings. The molecule has 2 heterocycles. The van der Waals surface area contributed by atoms with Crippen molar-refractivity contribution in [3.05, 3.63) is 44.9 Å². The summed E-state index contributed by atoms with van der Waals surface area (Å²) in [6.45, 7) is 4.49. The van der Waals surface area contributed by atoms with Crippen LogP contribution in [0.1, 0.15) is 39.6 Å². The molecule has 0 saturated heterocycles. The molecule has 0 spiro atoms. The summed E-state index contributed by atoms with van der Waals surface area (Å²) in [5, 5.41) is 0. The first-order valence-electron chi connectivity index (χ1n) is 6.24. The van der Waals surface area contributed by atoms with Crippen molar-refractivity contribution >= 4 is 34.6 Å². The van der Waals surface area contributed by atoms with Gasteiger partial charge in [-0.2, -0.15) is 0 Å². The normalized spacial score (nSPS) is 10.6. The summed E-state index contributed by atoms with van der Waals surface area (Å²) < 4.78 is 0.710. The number of thiophene rings is 1. The third-order valence-corrected chi connectivity index (χ3v) is 4.18. The molecule has 6 heteroatoms. The highest BCUT2D eigenvalue weighted by molar-refractivity contribution is 7.16. The monoisotopic (exact) mass is 310 g/mol. The molecule has 0 saturated carbocycles. The highest BCUT2D eigenvalue weighted by atomic mass is 35.5. The minimum atomic E-state index is -0.121. The van der Waals surface area contributed by atoms with Gasteiger partial charge in [0, 0.05) is 23.2 Å². The number of halogens is 1. The molecular weight excluding hydrogens is 296 g/mol. The fourth-order valence-corrected chi connectivity index (χ4v) is 2.95. The van der Waals surface area contributed by atoms with Gasteiger partial charge in [-0.1, -0.05) is 11.6 Å². The lowest BCUT2D eigenvalue weighted by Gasteiger charge is -2.19. The van der Waals surface area contributed by atoms with Crippen LogP contribution in [-0.4, -0.2) is 28.1 Å². The molecule has 0 aliphatic heterocycles. The van der Waals surface area contributed by atoms with Gasteiger partial charge in [-0.25, -0.2) is 0 Å². The van der Waals surface area contributed by atoms with Crippen LogP contribution in [0.5, 0.6) is 0 Å². The van der Waals surface area contributed by atoms with Crippen molar-refractivity contribution < 1.29 is 9.59 Å². The minimum absolute atomic E-state index is 0.0617. The van der Waals surface area contributed by atoms with E-state index >= 15 is 0 Å². The number of ketones is 1. The molecule has 2 aromatic heterocycles. The van der Waals surface area contributed by atoms with Gasteiger partial charge in [0.1, 0.15) is 5.69 Å². The Morgan fingerprint density at radius 1 is 1.40 bits per heavy atom. The number of amides is 1. The van der Waals surface area contributed by atoms with Gasteiger partial charge in [-0.3, -0.25) is 9.59 Å². The van der Waals surface area contributed by atoms with Crippen LogP contribution in [0.25, 0.3) is 0 Å². The number of Topliss-reactive ketones (excluding diaryl/α,β-unsaturated/α-hetero) is 1. The van der Waals surface area contributed by atoms with Gasteiger partial charge in [-0.15, -0.1) is 11.3 Å². The topological polar surface area (TPSA) is 53.2 Å². The SMILES string of the molecule is CCN(Cc1ccc(Cl)s1)C(=O)c1cc(C(C)=O)c[nH]1. The van der Waals surface area contributed by atoms with Crippen molar-refractivity contribution in [3.63, 3.8) is 0 Å². The number of carbonyl (C=O) groups is 2. The Kier molecular flexibility index (Phi) is 4.62. The number of hydrogen-bond acceptors (Lipinski definition) is 3. The highest BCUT2D eigenvalue weighted by Crippen LogP contribution is 2.23. The van der Waals surface area contributed by atoms with Gasteiger partial charge in [-0.05, 0) is 32.0 Å². The second kappa shape index (κ2) is 6.24. The number of hydrogen-bond donors (Lipinski definition) is 1. The molecule has 0 aliphatic rings. The first-order valence-corrected chi connectivity index (χ1v) is 7.43. The molecule has 0 aliphatic carbocycles. The maximum atomic E-state index is 12.4. The van der Waals surface area contributed by atoms with Gasteiger partial charge in [0.15, 0.2) is 5.78 Å². The minimum Gasteiger partial charge on any atom is -0.356 e. The molecule has 1 amide bonds. The standard InChI is InChI=1S/C14H15ClN2O2S/c1-3-17(8-11-4-5-13(15)20-11)14(19)12-6-10(7-16-12)9(2)18/h4-7,16H,3,8H2,1-2H3. The van der Waals surface area contributed by atoms with E-state index in [1.165, 1.54) is 18.3 Å². The molecule has 0 atom stereocenters. The number of aromatic nitrogens is 1. The van der Waals surface area contributed by atoms with Crippen LogP contribution >= 0.6 is 22.9 Å². The zero-order valence-electron chi connectivity index (χ0n) is 11.3. The molecular formula is C14H15ClN2O2S. The third kappa shape index (κ3) is 3.29. The van der Waals surface area contributed by atoms with Crippen molar-refractivity contribution in [2.75, 3.05) is 6.54 Å². The first kappa shape index (κ1) is 14.8. The molecule has 2 rings (SSSR count). The van der Waals surface area contributed by atoms with Crippen LogP contribution in [0.3, 0.4) is 0 Å². The fourth-order valence-electron chi connectivity index (χ4n) is 1.84. The number of nitrogens with zero attached hydrogens (tertiary/aromatic N) is 1. The second-order valence-corrected chi connectivity index (χ2v) is 6.18. The Balaban J connectivity index is 2.13. The molecule has 1 N–H and O–H groups in total. The van der Waals surface area contributed by atoms with E-state index in [-0.39, 0.29) is 11.7 Å². The van der Waals surface area contributed by atoms with Crippen LogP contribution in [0.2, 0.25) is 4.34 Å². The number of nitrogens with one attached hydrogen (secondary N) is 1. The van der Waals surface area contributed by atoms with Gasteiger partial charge < -0.3 is 9.88 Å². The van der Waals surface area contributed by atoms with Crippen molar-refractivity contribution in [1.29, 1.82) is 0 Å².